The number of para-hydroxylation sites is 2. The molecule has 19 heavy (non-hydrogen) atoms. The molecule has 1 aromatic carbocycles. The number of amides is 1. The number of H-pyrrole nitrogens is 1. The first kappa shape index (κ1) is 12.6. The Morgan fingerprint density at radius 3 is 2.68 bits per heavy atom. The number of aromatic amines is 1. The summed E-state index contributed by atoms with van der Waals surface area (Å²) >= 11 is 0. The van der Waals surface area contributed by atoms with E-state index in [0.717, 1.165) is 16.8 Å². The van der Waals surface area contributed by atoms with Gasteiger partial charge in [-0.1, -0.05) is 12.1 Å². The van der Waals surface area contributed by atoms with Crippen molar-refractivity contribution in [3.05, 3.63) is 57.1 Å². The van der Waals surface area contributed by atoms with Crippen LogP contribution in [0.25, 0.3) is 0 Å². The predicted molar refractivity (Wildman–Crippen MR) is 70.8 cm³/mol. The first-order valence-corrected chi connectivity index (χ1v) is 5.51. The molecule has 1 aromatic heterocycles. The second-order valence-electron chi connectivity index (χ2n) is 3.87. The first-order valence-electron chi connectivity index (χ1n) is 5.51. The van der Waals surface area contributed by atoms with Gasteiger partial charge in [-0.3, -0.25) is 19.5 Å². The minimum atomic E-state index is -0.462. The normalized spacial score (nSPS) is 10.1. The number of hydrogen-bond donors (Lipinski definition) is 3. The summed E-state index contributed by atoms with van der Waals surface area (Å²) < 4.78 is 0.927. The maximum Gasteiger partial charge on any atom is 0.265 e. The molecule has 1 amide bonds. The molecule has 7 nitrogen and oxygen atoms in total. The van der Waals surface area contributed by atoms with Crippen molar-refractivity contribution >= 4 is 17.3 Å². The second kappa shape index (κ2) is 5.21. The van der Waals surface area contributed by atoms with E-state index < -0.39 is 17.0 Å². The molecule has 0 unspecified atom stereocenters. The van der Waals surface area contributed by atoms with Gasteiger partial charge in [0.1, 0.15) is 6.54 Å². The van der Waals surface area contributed by atoms with Gasteiger partial charge in [0.05, 0.1) is 11.4 Å². The van der Waals surface area contributed by atoms with Gasteiger partial charge in [0.25, 0.3) is 11.1 Å². The third kappa shape index (κ3) is 3.09. The summed E-state index contributed by atoms with van der Waals surface area (Å²) in [5.41, 5.74) is 5.64. The lowest BCUT2D eigenvalue weighted by Gasteiger charge is -2.08. The third-order valence-corrected chi connectivity index (χ3v) is 2.43. The zero-order chi connectivity index (χ0) is 13.8. The number of benzene rings is 1. The van der Waals surface area contributed by atoms with Crippen LogP contribution in [0.2, 0.25) is 0 Å². The first-order chi connectivity index (χ1) is 9.06. The molecule has 98 valence electrons. The van der Waals surface area contributed by atoms with Crippen LogP contribution in [0, 0.1) is 0 Å². The van der Waals surface area contributed by atoms with Gasteiger partial charge >= 0.3 is 0 Å². The number of nitrogen functional groups attached to an aromatic ring is 1. The highest BCUT2D eigenvalue weighted by molar-refractivity contribution is 5.93. The summed E-state index contributed by atoms with van der Waals surface area (Å²) in [5, 5.41) is 4.82. The van der Waals surface area contributed by atoms with E-state index in [1.165, 1.54) is 0 Å². The summed E-state index contributed by atoms with van der Waals surface area (Å²) in [6.07, 6.45) is 0. The van der Waals surface area contributed by atoms with Crippen LogP contribution >= 0.6 is 0 Å². The molecular formula is C12H12N4O3. The fourth-order valence-corrected chi connectivity index (χ4v) is 1.52. The molecule has 1 heterocycles. The topological polar surface area (TPSA) is 110 Å². The van der Waals surface area contributed by atoms with Crippen LogP contribution < -0.4 is 22.2 Å². The van der Waals surface area contributed by atoms with Gasteiger partial charge in [-0.15, -0.1) is 0 Å². The molecule has 0 fully saturated rings. The van der Waals surface area contributed by atoms with Crippen LogP contribution in [0.4, 0.5) is 11.4 Å². The third-order valence-electron chi connectivity index (χ3n) is 2.43. The maximum absolute atomic E-state index is 11.7. The van der Waals surface area contributed by atoms with E-state index in [2.05, 4.69) is 10.4 Å². The van der Waals surface area contributed by atoms with Crippen molar-refractivity contribution in [2.24, 2.45) is 0 Å². The Morgan fingerprint density at radius 2 is 1.95 bits per heavy atom. The summed E-state index contributed by atoms with van der Waals surface area (Å²) in [4.78, 5) is 34.2. The van der Waals surface area contributed by atoms with Crippen molar-refractivity contribution in [1.29, 1.82) is 0 Å². The Balaban J connectivity index is 2.14. The number of nitrogens with zero attached hydrogens (tertiary/aromatic N) is 1. The number of hydrogen-bond acceptors (Lipinski definition) is 4. The van der Waals surface area contributed by atoms with E-state index in [9.17, 15) is 14.4 Å². The fourth-order valence-electron chi connectivity index (χ4n) is 1.52. The van der Waals surface area contributed by atoms with Crippen molar-refractivity contribution < 1.29 is 4.79 Å². The molecule has 0 aliphatic carbocycles. The van der Waals surface area contributed by atoms with E-state index in [0.29, 0.717) is 11.4 Å². The minimum absolute atomic E-state index is 0.288. The fraction of sp³-hybridized carbons (Fsp3) is 0.0833. The lowest BCUT2D eigenvalue weighted by atomic mass is 10.2. The molecular weight excluding hydrogens is 248 g/mol. The van der Waals surface area contributed by atoms with Crippen LogP contribution in [0.15, 0.2) is 46.0 Å². The zero-order valence-electron chi connectivity index (χ0n) is 9.92. The summed E-state index contributed by atoms with van der Waals surface area (Å²) in [5.74, 6) is -0.457. The molecule has 0 bridgehead atoms. The number of anilines is 2. The predicted octanol–water partition coefficient (Wildman–Crippen LogP) is -0.243. The highest BCUT2D eigenvalue weighted by atomic mass is 16.2. The number of carbonyl (C=O) groups is 1. The standard InChI is InChI=1S/C12H12N4O3/c13-8-3-1-2-4-9(8)14-11(18)7-16-12(19)6-5-10(17)15-16/h1-6H,7,13H2,(H,14,18)(H,15,17). The van der Waals surface area contributed by atoms with Gasteiger partial charge < -0.3 is 11.1 Å². The molecule has 0 saturated heterocycles. The Morgan fingerprint density at radius 1 is 1.21 bits per heavy atom. The van der Waals surface area contributed by atoms with Gasteiger partial charge in [0.15, 0.2) is 0 Å². The number of nitrogens with two attached hydrogens (primary N) is 1. The van der Waals surface area contributed by atoms with E-state index in [1.807, 2.05) is 0 Å². The Hall–Kier alpha value is -2.83. The molecule has 0 aliphatic rings. The zero-order valence-corrected chi connectivity index (χ0v) is 9.92. The SMILES string of the molecule is Nc1ccccc1NC(=O)Cn1[nH]c(=O)ccc1=O. The molecule has 0 saturated carbocycles. The second-order valence-corrected chi connectivity index (χ2v) is 3.87. The molecule has 0 radical (unpaired) electrons. The van der Waals surface area contributed by atoms with E-state index in [-0.39, 0.29) is 6.54 Å². The van der Waals surface area contributed by atoms with Crippen LogP contribution in [0.3, 0.4) is 0 Å². The Bertz CT molecular complexity index is 717. The lowest BCUT2D eigenvalue weighted by Crippen LogP contribution is -2.32. The van der Waals surface area contributed by atoms with Crippen LogP contribution in [0.1, 0.15) is 0 Å². The molecule has 0 atom stereocenters. The molecule has 2 rings (SSSR count). The van der Waals surface area contributed by atoms with Crippen molar-refractivity contribution in [3.63, 3.8) is 0 Å². The van der Waals surface area contributed by atoms with E-state index in [1.54, 1.807) is 24.3 Å². The van der Waals surface area contributed by atoms with Gasteiger partial charge in [0, 0.05) is 12.1 Å². The average Bonchev–Trinajstić information content (AvgIpc) is 2.37. The molecule has 7 heteroatoms. The molecule has 0 aliphatic heterocycles. The monoisotopic (exact) mass is 260 g/mol. The van der Waals surface area contributed by atoms with E-state index >= 15 is 0 Å². The van der Waals surface area contributed by atoms with Crippen LogP contribution in [0.5, 0.6) is 0 Å². The Labute approximate surface area is 107 Å². The van der Waals surface area contributed by atoms with Gasteiger partial charge in [-0.2, -0.15) is 0 Å². The van der Waals surface area contributed by atoms with Crippen molar-refractivity contribution in [2.45, 2.75) is 6.54 Å². The number of carbonyl (C=O) groups excluding carboxylic acids is 1. The summed E-state index contributed by atoms with van der Waals surface area (Å²) in [6, 6.07) is 8.96. The lowest BCUT2D eigenvalue weighted by molar-refractivity contribution is -0.117. The summed E-state index contributed by atoms with van der Waals surface area (Å²) in [6.45, 7) is -0.288. The van der Waals surface area contributed by atoms with Crippen molar-refractivity contribution in [2.75, 3.05) is 11.1 Å². The number of nitrogens with one attached hydrogen (secondary N) is 2. The van der Waals surface area contributed by atoms with Gasteiger partial charge in [-0.05, 0) is 12.1 Å². The Kier molecular flexibility index (Phi) is 3.46. The average molecular weight is 260 g/mol. The highest BCUT2D eigenvalue weighted by Gasteiger charge is 2.07. The number of rotatable bonds is 3. The number of aromatic nitrogens is 2. The van der Waals surface area contributed by atoms with Crippen molar-refractivity contribution in [3.8, 4) is 0 Å². The largest absolute Gasteiger partial charge is 0.397 e. The maximum atomic E-state index is 11.7. The highest BCUT2D eigenvalue weighted by Crippen LogP contribution is 2.16. The quantitative estimate of drug-likeness (QED) is 0.661. The molecule has 0 spiro atoms. The minimum Gasteiger partial charge on any atom is -0.397 e. The molecule has 2 aromatic rings. The van der Waals surface area contributed by atoms with E-state index in [4.69, 9.17) is 5.73 Å². The van der Waals surface area contributed by atoms with Crippen molar-refractivity contribution in [1.82, 2.24) is 9.78 Å². The van der Waals surface area contributed by atoms with Gasteiger partial charge in [0.2, 0.25) is 5.91 Å². The smallest absolute Gasteiger partial charge is 0.265 e. The van der Waals surface area contributed by atoms with Gasteiger partial charge in [-0.25, -0.2) is 4.68 Å². The van der Waals surface area contributed by atoms with Crippen LogP contribution in [-0.2, 0) is 11.3 Å². The summed E-state index contributed by atoms with van der Waals surface area (Å²) in [7, 11) is 0. The molecule has 4 N–H and O–H groups in total. The van der Waals surface area contributed by atoms with Crippen LogP contribution in [-0.4, -0.2) is 15.7 Å².